The molecule has 0 fully saturated rings. The predicted octanol–water partition coefficient (Wildman–Crippen LogP) is 13.5. The minimum atomic E-state index is 0.481. The van der Waals surface area contributed by atoms with Gasteiger partial charge in [-0.1, -0.05) is 124 Å². The molecule has 7 heteroatoms. The molecule has 0 saturated heterocycles. The summed E-state index contributed by atoms with van der Waals surface area (Å²) < 4.78 is 0. The molecular formula is C48H37N7. The summed E-state index contributed by atoms with van der Waals surface area (Å²) in [5.74, 6) is 0. The third-order valence-electron chi connectivity index (χ3n) is 10.4. The van der Waals surface area contributed by atoms with Crippen molar-refractivity contribution >= 4 is 52.1 Å². The summed E-state index contributed by atoms with van der Waals surface area (Å²) in [6, 6.07) is 40.2. The first-order valence-electron chi connectivity index (χ1n) is 18.4. The SMILES string of the molecule is Cc1ccc(-c2c3nc(c(-c4ccc(C)cc4)c4ccc([nH]4)c(-c4ccc(C)cc4)c4cc(N=[N+]=[N-])c([nH]4)c(-c4ccc(C)cc4)c4nc2C=C4)C=C3)cc1. The summed E-state index contributed by atoms with van der Waals surface area (Å²) in [6.45, 7) is 8.35. The van der Waals surface area contributed by atoms with Gasteiger partial charge in [-0.2, -0.15) is 0 Å². The lowest BCUT2D eigenvalue weighted by molar-refractivity contribution is 1.27. The average Bonchev–Trinajstić information content (AvgIpc) is 4.02. The standard InChI is InChI=1S/C48H37N7/c1-28-5-13-32(14-6-28)44-36-21-22-37(50-36)45(33-15-7-29(2)8-16-33)39-25-26-41(52-39)47(35-19-11-31(4)12-20-35)48-43(54-55-49)27-42(53-48)46(40-24-23-38(44)51-40)34-17-9-30(3)10-18-34/h5-27,51,53H,1-4H3. The van der Waals surface area contributed by atoms with Crippen LogP contribution in [0.2, 0.25) is 0 Å². The van der Waals surface area contributed by atoms with Crippen molar-refractivity contribution in [3.63, 3.8) is 0 Å². The Kier molecular flexibility index (Phi) is 8.34. The van der Waals surface area contributed by atoms with Gasteiger partial charge in [-0.3, -0.25) is 0 Å². The van der Waals surface area contributed by atoms with Crippen molar-refractivity contribution in [3.8, 4) is 44.5 Å². The minimum absolute atomic E-state index is 0.481. The van der Waals surface area contributed by atoms with E-state index in [1.54, 1.807) is 0 Å². The van der Waals surface area contributed by atoms with E-state index >= 15 is 0 Å². The second-order valence-corrected chi connectivity index (χ2v) is 14.3. The van der Waals surface area contributed by atoms with E-state index in [-0.39, 0.29) is 0 Å². The van der Waals surface area contributed by atoms with Crippen molar-refractivity contribution in [2.24, 2.45) is 5.11 Å². The molecule has 2 N–H and O–H groups in total. The Morgan fingerprint density at radius 3 is 1.29 bits per heavy atom. The van der Waals surface area contributed by atoms with Crippen molar-refractivity contribution in [1.82, 2.24) is 19.9 Å². The van der Waals surface area contributed by atoms with Crippen LogP contribution in [0.5, 0.6) is 0 Å². The number of aryl methyl sites for hydroxylation is 4. The van der Waals surface area contributed by atoms with Gasteiger partial charge in [-0.25, -0.2) is 9.97 Å². The number of H-pyrrole nitrogens is 2. The number of azide groups is 1. The van der Waals surface area contributed by atoms with Crippen LogP contribution < -0.4 is 0 Å². The second kappa shape index (κ2) is 13.6. The van der Waals surface area contributed by atoms with E-state index < -0.39 is 0 Å². The molecule has 8 bridgehead atoms. The Morgan fingerprint density at radius 2 is 0.818 bits per heavy atom. The van der Waals surface area contributed by atoms with Crippen LogP contribution in [0.3, 0.4) is 0 Å². The van der Waals surface area contributed by atoms with Gasteiger partial charge in [0, 0.05) is 43.7 Å². The molecule has 2 aliphatic heterocycles. The van der Waals surface area contributed by atoms with Gasteiger partial charge in [0.05, 0.1) is 34.0 Å². The third kappa shape index (κ3) is 6.23. The maximum atomic E-state index is 9.91. The molecule has 0 aliphatic carbocycles. The van der Waals surface area contributed by atoms with Crippen LogP contribution in [0.15, 0.2) is 120 Å². The van der Waals surface area contributed by atoms with E-state index in [0.717, 1.165) is 95.0 Å². The first-order valence-corrected chi connectivity index (χ1v) is 18.4. The summed E-state index contributed by atoms with van der Waals surface area (Å²) in [6.07, 6.45) is 8.32. The Hall–Kier alpha value is -7.21. The monoisotopic (exact) mass is 711 g/mol. The topological polar surface area (TPSA) is 106 Å². The molecular weight excluding hydrogens is 675 g/mol. The highest BCUT2D eigenvalue weighted by atomic mass is 15.1. The Labute approximate surface area is 319 Å². The number of aromatic nitrogens is 4. The normalized spacial score (nSPS) is 11.9. The number of fused-ring (bicyclic) bond motifs is 8. The van der Waals surface area contributed by atoms with Crippen LogP contribution in [-0.4, -0.2) is 19.9 Å². The molecule has 5 heterocycles. The van der Waals surface area contributed by atoms with Gasteiger partial charge < -0.3 is 9.97 Å². The first-order chi connectivity index (χ1) is 26.8. The third-order valence-corrected chi connectivity index (χ3v) is 10.4. The summed E-state index contributed by atoms with van der Waals surface area (Å²) in [5, 5.41) is 4.27. The average molecular weight is 712 g/mol. The number of benzene rings is 4. The Morgan fingerprint density at radius 1 is 0.436 bits per heavy atom. The van der Waals surface area contributed by atoms with Gasteiger partial charge in [0.1, 0.15) is 0 Å². The molecule has 3 aromatic heterocycles. The molecule has 264 valence electrons. The van der Waals surface area contributed by atoms with Crippen molar-refractivity contribution in [2.75, 3.05) is 0 Å². The molecule has 0 radical (unpaired) electrons. The molecule has 55 heavy (non-hydrogen) atoms. The maximum Gasteiger partial charge on any atom is 0.0738 e. The lowest BCUT2D eigenvalue weighted by Gasteiger charge is -2.08. The van der Waals surface area contributed by atoms with E-state index in [2.05, 4.69) is 175 Å². The smallest absolute Gasteiger partial charge is 0.0738 e. The highest BCUT2D eigenvalue weighted by Gasteiger charge is 2.20. The molecule has 4 aromatic carbocycles. The van der Waals surface area contributed by atoms with E-state index in [9.17, 15) is 5.53 Å². The van der Waals surface area contributed by atoms with Crippen LogP contribution >= 0.6 is 0 Å². The number of nitrogens with one attached hydrogen (secondary N) is 2. The highest BCUT2D eigenvalue weighted by Crippen LogP contribution is 2.41. The van der Waals surface area contributed by atoms with Gasteiger partial charge in [0.25, 0.3) is 0 Å². The minimum Gasteiger partial charge on any atom is -0.354 e. The largest absolute Gasteiger partial charge is 0.354 e. The van der Waals surface area contributed by atoms with Crippen molar-refractivity contribution in [1.29, 1.82) is 0 Å². The van der Waals surface area contributed by atoms with Crippen molar-refractivity contribution in [2.45, 2.75) is 27.7 Å². The fourth-order valence-electron chi connectivity index (χ4n) is 7.49. The second-order valence-electron chi connectivity index (χ2n) is 14.3. The summed E-state index contributed by atoms with van der Waals surface area (Å²) in [4.78, 5) is 21.6. The van der Waals surface area contributed by atoms with E-state index in [1.807, 2.05) is 12.1 Å². The zero-order valence-electron chi connectivity index (χ0n) is 31.0. The van der Waals surface area contributed by atoms with Crippen LogP contribution in [0.1, 0.15) is 45.0 Å². The molecule has 9 rings (SSSR count). The fourth-order valence-corrected chi connectivity index (χ4v) is 7.49. The summed E-state index contributed by atoms with van der Waals surface area (Å²) >= 11 is 0. The molecule has 0 amide bonds. The van der Waals surface area contributed by atoms with Gasteiger partial charge in [0.15, 0.2) is 0 Å². The van der Waals surface area contributed by atoms with Gasteiger partial charge in [-0.15, -0.1) is 0 Å². The number of aromatic amines is 2. The number of hydrogen-bond acceptors (Lipinski definition) is 3. The molecule has 0 atom stereocenters. The zero-order valence-corrected chi connectivity index (χ0v) is 31.0. The quantitative estimate of drug-likeness (QED) is 0.105. The Balaban J connectivity index is 1.51. The molecule has 7 nitrogen and oxygen atoms in total. The van der Waals surface area contributed by atoms with Gasteiger partial charge >= 0.3 is 0 Å². The molecule has 7 aromatic rings. The predicted molar refractivity (Wildman–Crippen MR) is 228 cm³/mol. The molecule has 0 unspecified atom stereocenters. The van der Waals surface area contributed by atoms with E-state index in [4.69, 9.17) is 9.97 Å². The van der Waals surface area contributed by atoms with Crippen LogP contribution in [0.4, 0.5) is 5.69 Å². The molecule has 2 aliphatic rings. The van der Waals surface area contributed by atoms with E-state index in [0.29, 0.717) is 11.2 Å². The lowest BCUT2D eigenvalue weighted by Crippen LogP contribution is -1.91. The van der Waals surface area contributed by atoms with Crippen LogP contribution in [0.25, 0.3) is 101 Å². The van der Waals surface area contributed by atoms with Gasteiger partial charge in [0.2, 0.25) is 0 Å². The van der Waals surface area contributed by atoms with E-state index in [1.165, 1.54) is 11.1 Å². The molecule has 0 spiro atoms. The van der Waals surface area contributed by atoms with Gasteiger partial charge in [-0.05, 0) is 98.0 Å². The fraction of sp³-hybridized carbons (Fsp3) is 0.0833. The number of hydrogen-bond donors (Lipinski definition) is 2. The van der Waals surface area contributed by atoms with Crippen molar-refractivity contribution < 1.29 is 0 Å². The first kappa shape index (κ1) is 33.6. The Bertz CT molecular complexity index is 2920. The zero-order chi connectivity index (χ0) is 37.6. The molecule has 0 saturated carbocycles. The van der Waals surface area contributed by atoms with Crippen LogP contribution in [0, 0.1) is 27.7 Å². The summed E-state index contributed by atoms with van der Waals surface area (Å²) in [5.41, 5.74) is 29.3. The highest BCUT2D eigenvalue weighted by molar-refractivity contribution is 6.03. The summed E-state index contributed by atoms with van der Waals surface area (Å²) in [7, 11) is 0. The number of rotatable bonds is 5. The lowest BCUT2D eigenvalue weighted by atomic mass is 10.0. The van der Waals surface area contributed by atoms with Crippen LogP contribution in [-0.2, 0) is 0 Å². The maximum absolute atomic E-state index is 9.91. The van der Waals surface area contributed by atoms with Crippen molar-refractivity contribution in [3.05, 3.63) is 171 Å². The number of nitrogens with zero attached hydrogens (tertiary/aromatic N) is 5.